The van der Waals surface area contributed by atoms with Crippen molar-refractivity contribution >= 4 is 17.7 Å². The van der Waals surface area contributed by atoms with Gasteiger partial charge in [0.1, 0.15) is 12.4 Å². The Bertz CT molecular complexity index is 929. The van der Waals surface area contributed by atoms with E-state index < -0.39 is 12.1 Å². The molecule has 7 nitrogen and oxygen atoms in total. The van der Waals surface area contributed by atoms with Crippen LogP contribution in [0.5, 0.6) is 5.75 Å². The molecule has 202 valence electrons. The maximum atomic E-state index is 13.0. The summed E-state index contributed by atoms with van der Waals surface area (Å²) in [5.41, 5.74) is 1.65. The first kappa shape index (κ1) is 28.5. The zero-order valence-corrected chi connectivity index (χ0v) is 22.1. The molecule has 0 aliphatic heterocycles. The lowest BCUT2D eigenvalue weighted by atomic mass is 9.86. The van der Waals surface area contributed by atoms with Crippen molar-refractivity contribution in [2.75, 3.05) is 31.6 Å². The number of carboxylic acid groups (broad SMARTS) is 1. The Morgan fingerprint density at radius 3 is 2.41 bits per heavy atom. The molecular formula is C30H42N2O5. The Kier molecular flexibility index (Phi) is 12.3. The Balaban J connectivity index is 1.48. The Labute approximate surface area is 221 Å². The van der Waals surface area contributed by atoms with E-state index in [2.05, 4.69) is 5.32 Å². The van der Waals surface area contributed by atoms with Crippen LogP contribution in [-0.2, 0) is 16.0 Å². The molecule has 3 rings (SSSR count). The lowest BCUT2D eigenvalue weighted by Gasteiger charge is -2.25. The number of urea groups is 1. The average Bonchev–Trinajstić information content (AvgIpc) is 2.91. The third-order valence-electron chi connectivity index (χ3n) is 6.95. The van der Waals surface area contributed by atoms with Crippen molar-refractivity contribution in [1.82, 2.24) is 4.90 Å². The number of carbonyl (C=O) groups is 2. The van der Waals surface area contributed by atoms with Crippen LogP contribution in [0.4, 0.5) is 10.5 Å². The van der Waals surface area contributed by atoms with E-state index in [1.165, 1.54) is 38.5 Å². The zero-order valence-electron chi connectivity index (χ0n) is 22.1. The first-order valence-corrected chi connectivity index (χ1v) is 13.7. The van der Waals surface area contributed by atoms with Gasteiger partial charge in [0.15, 0.2) is 6.10 Å². The smallest absolute Gasteiger partial charge is 0.333 e. The molecule has 0 aromatic heterocycles. The fourth-order valence-corrected chi connectivity index (χ4v) is 4.88. The van der Waals surface area contributed by atoms with Crippen molar-refractivity contribution in [2.24, 2.45) is 5.92 Å². The number of anilines is 1. The minimum Gasteiger partial charge on any atom is -0.492 e. The molecule has 2 N–H and O–H groups in total. The van der Waals surface area contributed by atoms with Gasteiger partial charge in [-0.05, 0) is 49.1 Å². The topological polar surface area (TPSA) is 88.1 Å². The molecule has 1 aliphatic rings. The summed E-state index contributed by atoms with van der Waals surface area (Å²) in [7, 11) is 0. The number of hydrogen-bond acceptors (Lipinski definition) is 4. The van der Waals surface area contributed by atoms with Gasteiger partial charge in [-0.3, -0.25) is 0 Å². The third kappa shape index (κ3) is 10.4. The number of benzene rings is 2. The van der Waals surface area contributed by atoms with E-state index in [1.54, 1.807) is 6.92 Å². The molecule has 1 atom stereocenters. The zero-order chi connectivity index (χ0) is 26.3. The van der Waals surface area contributed by atoms with Gasteiger partial charge in [0.2, 0.25) is 0 Å². The molecule has 2 aromatic rings. The van der Waals surface area contributed by atoms with Gasteiger partial charge in [-0.2, -0.15) is 0 Å². The molecule has 1 saturated carbocycles. The van der Waals surface area contributed by atoms with Crippen molar-refractivity contribution < 1.29 is 24.2 Å². The molecule has 1 unspecified atom stereocenters. The predicted molar refractivity (Wildman–Crippen MR) is 146 cm³/mol. The van der Waals surface area contributed by atoms with Crippen LogP contribution in [0.15, 0.2) is 54.6 Å². The summed E-state index contributed by atoms with van der Waals surface area (Å²) in [5, 5.41) is 12.3. The summed E-state index contributed by atoms with van der Waals surface area (Å²) in [4.78, 5) is 26.2. The molecule has 37 heavy (non-hydrogen) atoms. The van der Waals surface area contributed by atoms with Gasteiger partial charge in [-0.25, -0.2) is 9.59 Å². The van der Waals surface area contributed by atoms with Gasteiger partial charge >= 0.3 is 12.0 Å². The van der Waals surface area contributed by atoms with Crippen molar-refractivity contribution in [3.8, 4) is 5.75 Å². The van der Waals surface area contributed by atoms with Crippen LogP contribution in [0.1, 0.15) is 63.9 Å². The van der Waals surface area contributed by atoms with Gasteiger partial charge in [-0.15, -0.1) is 0 Å². The fraction of sp³-hybridized carbons (Fsp3) is 0.533. The molecule has 0 spiro atoms. The van der Waals surface area contributed by atoms with Crippen LogP contribution in [0.3, 0.4) is 0 Å². The Morgan fingerprint density at radius 1 is 1.00 bits per heavy atom. The second-order valence-electron chi connectivity index (χ2n) is 9.76. The quantitative estimate of drug-likeness (QED) is 0.271. The molecule has 1 fully saturated rings. The highest BCUT2D eigenvalue weighted by molar-refractivity contribution is 5.89. The van der Waals surface area contributed by atoms with Crippen LogP contribution in [0.25, 0.3) is 0 Å². The maximum absolute atomic E-state index is 13.0. The van der Waals surface area contributed by atoms with Crippen molar-refractivity contribution in [3.05, 3.63) is 60.2 Å². The predicted octanol–water partition coefficient (Wildman–Crippen LogP) is 6.38. The number of nitrogens with zero attached hydrogens (tertiary/aromatic N) is 1. The number of para-hydroxylation sites is 1. The Hall–Kier alpha value is -3.06. The van der Waals surface area contributed by atoms with Gasteiger partial charge < -0.3 is 24.8 Å². The van der Waals surface area contributed by atoms with Gasteiger partial charge in [0.25, 0.3) is 0 Å². The Morgan fingerprint density at radius 2 is 1.73 bits per heavy atom. The van der Waals surface area contributed by atoms with E-state index >= 15 is 0 Å². The molecular weight excluding hydrogens is 468 g/mol. The van der Waals surface area contributed by atoms with Crippen LogP contribution < -0.4 is 10.1 Å². The number of carboxylic acids is 1. The highest BCUT2D eigenvalue weighted by Gasteiger charge is 2.18. The minimum atomic E-state index is -0.963. The number of rotatable bonds is 15. The summed E-state index contributed by atoms with van der Waals surface area (Å²) >= 11 is 0. The van der Waals surface area contributed by atoms with Gasteiger partial charge in [0, 0.05) is 25.3 Å². The SMILES string of the molecule is CCOC(Cc1ccc(OCCN(CCCCC2CCCCC2)C(=O)Nc2ccccc2)cc1)C(=O)O. The largest absolute Gasteiger partial charge is 0.492 e. The molecule has 0 radical (unpaired) electrons. The second-order valence-corrected chi connectivity index (χ2v) is 9.76. The number of unbranched alkanes of at least 4 members (excludes halogenated alkanes) is 1. The summed E-state index contributed by atoms with van der Waals surface area (Å²) in [6.45, 7) is 3.69. The van der Waals surface area contributed by atoms with Crippen molar-refractivity contribution in [1.29, 1.82) is 0 Å². The summed E-state index contributed by atoms with van der Waals surface area (Å²) in [6.07, 6.45) is 9.64. The van der Waals surface area contributed by atoms with Crippen LogP contribution in [0.2, 0.25) is 0 Å². The maximum Gasteiger partial charge on any atom is 0.333 e. The monoisotopic (exact) mass is 510 g/mol. The summed E-state index contributed by atoms with van der Waals surface area (Å²) < 4.78 is 11.2. The van der Waals surface area contributed by atoms with Gasteiger partial charge in [0.05, 0.1) is 6.54 Å². The number of nitrogens with one attached hydrogen (secondary N) is 1. The number of aliphatic carboxylic acids is 1. The van der Waals surface area contributed by atoms with Crippen molar-refractivity contribution in [3.63, 3.8) is 0 Å². The molecule has 2 amide bonds. The molecule has 2 aromatic carbocycles. The van der Waals surface area contributed by atoms with Crippen LogP contribution >= 0.6 is 0 Å². The first-order valence-electron chi connectivity index (χ1n) is 13.7. The number of ether oxygens (including phenoxy) is 2. The number of hydrogen-bond donors (Lipinski definition) is 2. The molecule has 7 heteroatoms. The highest BCUT2D eigenvalue weighted by atomic mass is 16.5. The first-order chi connectivity index (χ1) is 18.0. The average molecular weight is 511 g/mol. The van der Waals surface area contributed by atoms with Crippen molar-refractivity contribution in [2.45, 2.75) is 70.8 Å². The molecule has 0 saturated heterocycles. The van der Waals surface area contributed by atoms with Crippen LogP contribution in [0, 0.1) is 5.92 Å². The molecule has 1 aliphatic carbocycles. The minimum absolute atomic E-state index is 0.113. The van der Waals surface area contributed by atoms with E-state index in [9.17, 15) is 14.7 Å². The normalized spacial score (nSPS) is 14.6. The van der Waals surface area contributed by atoms with E-state index in [4.69, 9.17) is 9.47 Å². The third-order valence-corrected chi connectivity index (χ3v) is 6.95. The van der Waals surface area contributed by atoms with E-state index in [-0.39, 0.29) is 6.03 Å². The lowest BCUT2D eigenvalue weighted by Crippen LogP contribution is -2.38. The number of carbonyl (C=O) groups excluding carboxylic acids is 1. The molecule has 0 heterocycles. The lowest BCUT2D eigenvalue weighted by molar-refractivity contribution is -0.149. The standard InChI is InChI=1S/C30H42N2O5/c1-2-36-28(29(33)34)23-25-16-18-27(19-17-25)37-22-21-32(30(35)31-26-14-7-4-8-15-26)20-10-9-13-24-11-5-3-6-12-24/h4,7-8,14-19,24,28H,2-3,5-6,9-13,20-23H2,1H3,(H,31,35)(H,33,34). The van der Waals surface area contributed by atoms with E-state index in [1.807, 2.05) is 59.5 Å². The van der Waals surface area contributed by atoms with E-state index in [0.717, 1.165) is 30.0 Å². The summed E-state index contributed by atoms with van der Waals surface area (Å²) in [6, 6.07) is 16.8. The number of amides is 2. The van der Waals surface area contributed by atoms with Crippen LogP contribution in [-0.4, -0.2) is 54.4 Å². The second kappa shape index (κ2) is 15.9. The van der Waals surface area contributed by atoms with Gasteiger partial charge in [-0.1, -0.05) is 75.3 Å². The fourth-order valence-electron chi connectivity index (χ4n) is 4.88. The summed E-state index contributed by atoms with van der Waals surface area (Å²) in [5.74, 6) is 0.577. The molecule has 0 bridgehead atoms. The van der Waals surface area contributed by atoms with E-state index in [0.29, 0.717) is 38.5 Å². The highest BCUT2D eigenvalue weighted by Crippen LogP contribution is 2.27.